The molecule has 0 aliphatic carbocycles. The van der Waals surface area contributed by atoms with Gasteiger partial charge in [-0.05, 0) is 31.0 Å². The van der Waals surface area contributed by atoms with E-state index in [9.17, 15) is 0 Å². The molecule has 1 heterocycles. The van der Waals surface area contributed by atoms with Gasteiger partial charge in [0, 0.05) is 24.3 Å². The molecule has 0 fully saturated rings. The third kappa shape index (κ3) is 3.58. The van der Waals surface area contributed by atoms with Crippen LogP contribution in [0.1, 0.15) is 37.4 Å². The van der Waals surface area contributed by atoms with E-state index in [1.165, 1.54) is 0 Å². The van der Waals surface area contributed by atoms with Gasteiger partial charge in [0.1, 0.15) is 12.4 Å². The monoisotopic (exact) mass is 259 g/mol. The summed E-state index contributed by atoms with van der Waals surface area (Å²) in [5, 5.41) is 4.22. The molecule has 102 valence electrons. The molecule has 0 bridgehead atoms. The lowest BCUT2D eigenvalue weighted by molar-refractivity contribution is 0.306. The topological polar surface area (TPSA) is 53.1 Å². The third-order valence-corrected chi connectivity index (χ3v) is 3.16. The minimum Gasteiger partial charge on any atom is -0.489 e. The normalized spacial score (nSPS) is 12.4. The summed E-state index contributed by atoms with van der Waals surface area (Å²) in [4.78, 5) is 0. The minimum atomic E-state index is 0.108. The van der Waals surface area contributed by atoms with E-state index < -0.39 is 0 Å². The number of ether oxygens (including phenoxy) is 1. The van der Waals surface area contributed by atoms with Crippen molar-refractivity contribution < 1.29 is 4.74 Å². The highest BCUT2D eigenvalue weighted by Crippen LogP contribution is 2.19. The summed E-state index contributed by atoms with van der Waals surface area (Å²) in [5.74, 6) is 0.858. The van der Waals surface area contributed by atoms with Gasteiger partial charge in [0.2, 0.25) is 0 Å². The van der Waals surface area contributed by atoms with Crippen LogP contribution in [0.15, 0.2) is 36.7 Å². The van der Waals surface area contributed by atoms with E-state index in [0.717, 1.165) is 29.8 Å². The average Bonchev–Trinajstić information content (AvgIpc) is 2.93. The molecule has 19 heavy (non-hydrogen) atoms. The Hall–Kier alpha value is -1.81. The molecule has 2 aromatic rings. The van der Waals surface area contributed by atoms with Crippen molar-refractivity contribution in [2.45, 2.75) is 39.5 Å². The molecular weight excluding hydrogens is 238 g/mol. The van der Waals surface area contributed by atoms with Gasteiger partial charge in [-0.15, -0.1) is 0 Å². The maximum Gasteiger partial charge on any atom is 0.119 e. The quantitative estimate of drug-likeness (QED) is 0.867. The van der Waals surface area contributed by atoms with Crippen LogP contribution in [0.25, 0.3) is 0 Å². The summed E-state index contributed by atoms with van der Waals surface area (Å²) >= 11 is 0. The first-order valence-electron chi connectivity index (χ1n) is 6.72. The van der Waals surface area contributed by atoms with Crippen LogP contribution >= 0.6 is 0 Å². The van der Waals surface area contributed by atoms with Crippen LogP contribution in [-0.4, -0.2) is 9.78 Å². The summed E-state index contributed by atoms with van der Waals surface area (Å²) in [6.07, 6.45) is 4.78. The highest BCUT2D eigenvalue weighted by Gasteiger charge is 2.03. The standard InChI is InChI=1S/C15H21N3O/c1-3-15(16)13-5-7-14(8-6-13)19-11-12-9-17-18(4-2)10-12/h5-10,15H,3-4,11,16H2,1-2H3/t15-/m0/s1. The smallest absolute Gasteiger partial charge is 0.119 e. The van der Waals surface area contributed by atoms with Crippen LogP contribution in [0.4, 0.5) is 0 Å². The number of hydrogen-bond acceptors (Lipinski definition) is 3. The number of aromatic nitrogens is 2. The third-order valence-electron chi connectivity index (χ3n) is 3.16. The predicted octanol–water partition coefficient (Wildman–Crippen LogP) is 2.89. The molecule has 0 unspecified atom stereocenters. The predicted molar refractivity (Wildman–Crippen MR) is 75.9 cm³/mol. The SMILES string of the molecule is CC[C@H](N)c1ccc(OCc2cnn(CC)c2)cc1. The second kappa shape index (κ2) is 6.38. The van der Waals surface area contributed by atoms with Crippen molar-refractivity contribution in [1.82, 2.24) is 9.78 Å². The molecule has 0 saturated heterocycles. The Morgan fingerprint density at radius 2 is 2.00 bits per heavy atom. The van der Waals surface area contributed by atoms with Crippen LogP contribution in [0.5, 0.6) is 5.75 Å². The van der Waals surface area contributed by atoms with Gasteiger partial charge in [-0.3, -0.25) is 4.68 Å². The summed E-state index contributed by atoms with van der Waals surface area (Å²) in [7, 11) is 0. The molecule has 0 aliphatic rings. The number of nitrogens with zero attached hydrogens (tertiary/aromatic N) is 2. The Morgan fingerprint density at radius 3 is 2.58 bits per heavy atom. The summed E-state index contributed by atoms with van der Waals surface area (Å²) in [5.41, 5.74) is 8.20. The fourth-order valence-electron chi connectivity index (χ4n) is 1.87. The van der Waals surface area contributed by atoms with Gasteiger partial charge in [-0.25, -0.2) is 0 Å². The number of rotatable bonds is 6. The van der Waals surface area contributed by atoms with Crippen molar-refractivity contribution in [3.05, 3.63) is 47.8 Å². The molecule has 0 aliphatic heterocycles. The number of aryl methyl sites for hydroxylation is 1. The molecule has 1 atom stereocenters. The van der Waals surface area contributed by atoms with E-state index >= 15 is 0 Å². The lowest BCUT2D eigenvalue weighted by Gasteiger charge is -2.10. The molecule has 0 saturated carbocycles. The van der Waals surface area contributed by atoms with Crippen molar-refractivity contribution in [3.8, 4) is 5.75 Å². The van der Waals surface area contributed by atoms with Crippen LogP contribution < -0.4 is 10.5 Å². The summed E-state index contributed by atoms with van der Waals surface area (Å²) < 4.78 is 7.62. The Morgan fingerprint density at radius 1 is 1.26 bits per heavy atom. The maximum absolute atomic E-state index is 5.98. The largest absolute Gasteiger partial charge is 0.489 e. The van der Waals surface area contributed by atoms with Gasteiger partial charge < -0.3 is 10.5 Å². The lowest BCUT2D eigenvalue weighted by Crippen LogP contribution is -2.08. The molecule has 0 amide bonds. The van der Waals surface area contributed by atoms with Gasteiger partial charge in [-0.1, -0.05) is 19.1 Å². The Labute approximate surface area is 114 Å². The molecule has 4 nitrogen and oxygen atoms in total. The van der Waals surface area contributed by atoms with E-state index in [1.807, 2.05) is 41.3 Å². The Balaban J connectivity index is 1.92. The van der Waals surface area contributed by atoms with E-state index in [1.54, 1.807) is 0 Å². The number of benzene rings is 1. The molecule has 0 spiro atoms. The van der Waals surface area contributed by atoms with E-state index in [4.69, 9.17) is 10.5 Å². The van der Waals surface area contributed by atoms with Crippen molar-refractivity contribution in [1.29, 1.82) is 0 Å². The van der Waals surface area contributed by atoms with E-state index in [2.05, 4.69) is 18.9 Å². The fourth-order valence-corrected chi connectivity index (χ4v) is 1.87. The number of hydrogen-bond donors (Lipinski definition) is 1. The highest BCUT2D eigenvalue weighted by molar-refractivity contribution is 5.29. The second-order valence-corrected chi connectivity index (χ2v) is 4.58. The van der Waals surface area contributed by atoms with Crippen LogP contribution in [0.3, 0.4) is 0 Å². The lowest BCUT2D eigenvalue weighted by atomic mass is 10.1. The number of nitrogens with two attached hydrogens (primary N) is 1. The minimum absolute atomic E-state index is 0.108. The highest BCUT2D eigenvalue weighted by atomic mass is 16.5. The second-order valence-electron chi connectivity index (χ2n) is 4.58. The summed E-state index contributed by atoms with van der Waals surface area (Å²) in [6.45, 7) is 5.57. The van der Waals surface area contributed by atoms with E-state index in [-0.39, 0.29) is 6.04 Å². The van der Waals surface area contributed by atoms with Gasteiger partial charge in [-0.2, -0.15) is 5.10 Å². The Kier molecular flexibility index (Phi) is 4.58. The molecule has 2 N–H and O–H groups in total. The Bertz CT molecular complexity index is 504. The molecule has 4 heteroatoms. The average molecular weight is 259 g/mol. The fraction of sp³-hybridized carbons (Fsp3) is 0.400. The molecule has 1 aromatic carbocycles. The van der Waals surface area contributed by atoms with Crippen LogP contribution in [-0.2, 0) is 13.2 Å². The van der Waals surface area contributed by atoms with Crippen LogP contribution in [0.2, 0.25) is 0 Å². The zero-order chi connectivity index (χ0) is 13.7. The first-order chi connectivity index (χ1) is 9.22. The van der Waals surface area contributed by atoms with Crippen LogP contribution in [0, 0.1) is 0 Å². The van der Waals surface area contributed by atoms with E-state index in [0.29, 0.717) is 6.61 Å². The van der Waals surface area contributed by atoms with Gasteiger partial charge >= 0.3 is 0 Å². The molecule has 2 rings (SSSR count). The summed E-state index contributed by atoms with van der Waals surface area (Å²) in [6, 6.07) is 8.10. The van der Waals surface area contributed by atoms with Gasteiger partial charge in [0.05, 0.1) is 6.20 Å². The molecule has 1 aromatic heterocycles. The zero-order valence-corrected chi connectivity index (χ0v) is 11.5. The van der Waals surface area contributed by atoms with Crippen molar-refractivity contribution in [2.24, 2.45) is 5.73 Å². The zero-order valence-electron chi connectivity index (χ0n) is 11.5. The van der Waals surface area contributed by atoms with Gasteiger partial charge in [0.25, 0.3) is 0 Å². The van der Waals surface area contributed by atoms with Crippen molar-refractivity contribution >= 4 is 0 Å². The van der Waals surface area contributed by atoms with Crippen molar-refractivity contribution in [2.75, 3.05) is 0 Å². The van der Waals surface area contributed by atoms with Gasteiger partial charge in [0.15, 0.2) is 0 Å². The first-order valence-corrected chi connectivity index (χ1v) is 6.72. The molecule has 0 radical (unpaired) electrons. The maximum atomic E-state index is 5.98. The van der Waals surface area contributed by atoms with Crippen molar-refractivity contribution in [3.63, 3.8) is 0 Å². The first kappa shape index (κ1) is 13.6. The molecular formula is C15H21N3O.